The fourth-order valence-electron chi connectivity index (χ4n) is 2.58. The maximum atomic E-state index is 12.1. The number of nitrogens with one attached hydrogen (secondary N) is 1. The van der Waals surface area contributed by atoms with Crippen molar-refractivity contribution < 1.29 is 0 Å². The van der Waals surface area contributed by atoms with Crippen molar-refractivity contribution in [2.45, 2.75) is 0 Å². The molecule has 0 spiro atoms. The lowest BCUT2D eigenvalue weighted by Crippen LogP contribution is -2.14. The van der Waals surface area contributed by atoms with Crippen LogP contribution in [-0.4, -0.2) is 9.38 Å². The van der Waals surface area contributed by atoms with Crippen molar-refractivity contribution in [1.29, 1.82) is 0 Å². The van der Waals surface area contributed by atoms with Crippen molar-refractivity contribution >= 4 is 27.3 Å². The maximum Gasteiger partial charge on any atom is 0.272 e. The molecule has 4 rings (SSSR count). The first-order valence-electron chi connectivity index (χ1n) is 6.30. The highest BCUT2D eigenvalue weighted by molar-refractivity contribution is 5.95. The van der Waals surface area contributed by atoms with E-state index >= 15 is 0 Å². The summed E-state index contributed by atoms with van der Waals surface area (Å²) in [5.74, 6) is 0. The molecule has 0 unspecified atom stereocenters. The van der Waals surface area contributed by atoms with Crippen LogP contribution < -0.4 is 11.0 Å². The van der Waals surface area contributed by atoms with E-state index in [4.69, 9.17) is 0 Å². The first kappa shape index (κ1) is 11.0. The quantitative estimate of drug-likeness (QED) is 0.390. The van der Waals surface area contributed by atoms with Gasteiger partial charge >= 0.3 is 0 Å². The number of H-pyrrole nitrogens is 1. The fourth-order valence-corrected chi connectivity index (χ4v) is 2.58. The van der Waals surface area contributed by atoms with Crippen LogP contribution in [0.5, 0.6) is 0 Å². The summed E-state index contributed by atoms with van der Waals surface area (Å²) in [4.78, 5) is 26.3. The molecule has 0 radical (unpaired) electrons. The summed E-state index contributed by atoms with van der Waals surface area (Å²) in [6.07, 6.45) is 1.64. The van der Waals surface area contributed by atoms with Crippen LogP contribution in [0.1, 0.15) is 0 Å². The van der Waals surface area contributed by atoms with E-state index < -0.39 is 0 Å². The smallest absolute Gasteiger partial charge is 0.272 e. The molecule has 0 atom stereocenters. The summed E-state index contributed by atoms with van der Waals surface area (Å²) >= 11 is 0. The molecule has 0 bridgehead atoms. The highest BCUT2D eigenvalue weighted by Crippen LogP contribution is 2.20. The fraction of sp³-hybridized carbons (Fsp3) is 0. The van der Waals surface area contributed by atoms with E-state index in [9.17, 15) is 9.59 Å². The Bertz CT molecular complexity index is 1090. The zero-order valence-corrected chi connectivity index (χ0v) is 10.5. The lowest BCUT2D eigenvalue weighted by molar-refractivity contribution is 1.15. The lowest BCUT2D eigenvalue weighted by Gasteiger charge is -2.07. The normalized spacial score (nSPS) is 11.4. The SMILES string of the molecule is O=c1ccn2c(c1)c(=O)[nH]c1cc3ccccc3cc12. The second-order valence-electron chi connectivity index (χ2n) is 4.79. The Hall–Kier alpha value is -2.88. The molecule has 0 saturated heterocycles. The highest BCUT2D eigenvalue weighted by atomic mass is 16.1. The Balaban J connectivity index is 2.32. The van der Waals surface area contributed by atoms with Gasteiger partial charge in [-0.25, -0.2) is 0 Å². The van der Waals surface area contributed by atoms with Crippen LogP contribution >= 0.6 is 0 Å². The van der Waals surface area contributed by atoms with Crippen LogP contribution in [0.25, 0.3) is 27.3 Å². The molecule has 0 aliphatic heterocycles. The first-order chi connectivity index (χ1) is 9.72. The second-order valence-corrected chi connectivity index (χ2v) is 4.79. The molecule has 96 valence electrons. The zero-order valence-electron chi connectivity index (χ0n) is 10.5. The molecule has 20 heavy (non-hydrogen) atoms. The third-order valence-corrected chi connectivity index (χ3v) is 3.53. The van der Waals surface area contributed by atoms with Crippen LogP contribution in [0.4, 0.5) is 0 Å². The van der Waals surface area contributed by atoms with Gasteiger partial charge in [0.2, 0.25) is 0 Å². The third kappa shape index (κ3) is 1.48. The Morgan fingerprint density at radius 1 is 0.850 bits per heavy atom. The van der Waals surface area contributed by atoms with Gasteiger partial charge in [-0.05, 0) is 22.9 Å². The zero-order chi connectivity index (χ0) is 13.7. The topological polar surface area (TPSA) is 54.3 Å². The van der Waals surface area contributed by atoms with Gasteiger partial charge in [0.15, 0.2) is 5.43 Å². The highest BCUT2D eigenvalue weighted by Gasteiger charge is 2.05. The average molecular weight is 262 g/mol. The predicted molar refractivity (Wildman–Crippen MR) is 79.3 cm³/mol. The average Bonchev–Trinajstić information content (AvgIpc) is 2.46. The van der Waals surface area contributed by atoms with E-state index in [1.54, 1.807) is 10.6 Å². The van der Waals surface area contributed by atoms with Crippen molar-refractivity contribution in [2.75, 3.05) is 0 Å². The van der Waals surface area contributed by atoms with Gasteiger partial charge in [0.1, 0.15) is 5.52 Å². The van der Waals surface area contributed by atoms with Gasteiger partial charge in [-0.2, -0.15) is 0 Å². The molecule has 4 heteroatoms. The van der Waals surface area contributed by atoms with E-state index in [1.807, 2.05) is 36.4 Å². The van der Waals surface area contributed by atoms with E-state index in [-0.39, 0.29) is 11.0 Å². The van der Waals surface area contributed by atoms with Gasteiger partial charge < -0.3 is 9.38 Å². The van der Waals surface area contributed by atoms with Gasteiger partial charge in [0, 0.05) is 18.3 Å². The molecule has 4 aromatic rings. The van der Waals surface area contributed by atoms with Crippen molar-refractivity contribution in [3.63, 3.8) is 0 Å². The summed E-state index contributed by atoms with van der Waals surface area (Å²) < 4.78 is 1.75. The molecule has 4 nitrogen and oxygen atoms in total. The van der Waals surface area contributed by atoms with Crippen molar-refractivity contribution in [3.05, 3.63) is 75.3 Å². The van der Waals surface area contributed by atoms with E-state index in [2.05, 4.69) is 4.98 Å². The van der Waals surface area contributed by atoms with Crippen LogP contribution in [0.15, 0.2) is 64.3 Å². The minimum Gasteiger partial charge on any atom is -0.319 e. The monoisotopic (exact) mass is 262 g/mol. The maximum absolute atomic E-state index is 12.1. The number of nitrogens with zero attached hydrogens (tertiary/aromatic N) is 1. The molecule has 1 N–H and O–H groups in total. The van der Waals surface area contributed by atoms with Gasteiger partial charge in [-0.3, -0.25) is 9.59 Å². The molecule has 0 fully saturated rings. The summed E-state index contributed by atoms with van der Waals surface area (Å²) in [6.45, 7) is 0. The Labute approximate surface area is 112 Å². The largest absolute Gasteiger partial charge is 0.319 e. The number of pyridine rings is 1. The van der Waals surface area contributed by atoms with Crippen molar-refractivity contribution in [2.24, 2.45) is 0 Å². The van der Waals surface area contributed by atoms with Crippen LogP contribution in [0.3, 0.4) is 0 Å². The lowest BCUT2D eigenvalue weighted by atomic mass is 10.1. The van der Waals surface area contributed by atoms with Crippen molar-refractivity contribution in [1.82, 2.24) is 9.38 Å². The second kappa shape index (κ2) is 3.81. The van der Waals surface area contributed by atoms with Gasteiger partial charge in [0.05, 0.1) is 11.0 Å². The molecular weight excluding hydrogens is 252 g/mol. The minimum absolute atomic E-state index is 0.171. The molecule has 0 aliphatic rings. The summed E-state index contributed by atoms with van der Waals surface area (Å²) in [6, 6.07) is 14.7. The van der Waals surface area contributed by atoms with Crippen LogP contribution in [0, 0.1) is 0 Å². The Morgan fingerprint density at radius 2 is 1.60 bits per heavy atom. The molecule has 0 aliphatic carbocycles. The molecule has 2 aromatic carbocycles. The predicted octanol–water partition coefficient (Wildman–Crippen LogP) is 2.29. The van der Waals surface area contributed by atoms with Crippen molar-refractivity contribution in [3.8, 4) is 0 Å². The molecule has 0 saturated carbocycles. The van der Waals surface area contributed by atoms with E-state index in [0.29, 0.717) is 5.52 Å². The Morgan fingerprint density at radius 3 is 2.40 bits per heavy atom. The summed E-state index contributed by atoms with van der Waals surface area (Å²) in [5, 5.41) is 2.16. The van der Waals surface area contributed by atoms with Crippen LogP contribution in [-0.2, 0) is 0 Å². The molecule has 0 amide bonds. The summed E-state index contributed by atoms with van der Waals surface area (Å²) in [7, 11) is 0. The van der Waals surface area contributed by atoms with Crippen LogP contribution in [0.2, 0.25) is 0 Å². The number of hydrogen-bond donors (Lipinski definition) is 1. The standard InChI is InChI=1S/C16H10N2O2/c19-12-5-6-18-14-8-11-4-2-1-3-10(11)7-13(14)17-16(20)15(18)9-12/h1-9H,(H,17,20). The third-order valence-electron chi connectivity index (χ3n) is 3.53. The molecule has 2 heterocycles. The number of benzene rings is 2. The number of aromatic amines is 1. The molecule has 2 aromatic heterocycles. The number of rotatable bonds is 0. The minimum atomic E-state index is -0.259. The summed E-state index contributed by atoms with van der Waals surface area (Å²) in [5.41, 5.74) is 1.56. The number of hydrogen-bond acceptors (Lipinski definition) is 2. The Kier molecular flexibility index (Phi) is 2.09. The van der Waals surface area contributed by atoms with E-state index in [1.165, 1.54) is 12.1 Å². The number of aromatic nitrogens is 2. The van der Waals surface area contributed by atoms with Gasteiger partial charge in [-0.15, -0.1) is 0 Å². The first-order valence-corrected chi connectivity index (χ1v) is 6.30. The van der Waals surface area contributed by atoms with Gasteiger partial charge in [-0.1, -0.05) is 24.3 Å². The van der Waals surface area contributed by atoms with E-state index in [0.717, 1.165) is 21.8 Å². The van der Waals surface area contributed by atoms with Gasteiger partial charge in [0.25, 0.3) is 5.56 Å². The molecular formula is C16H10N2O2. The number of fused-ring (bicyclic) bond motifs is 4.